The van der Waals surface area contributed by atoms with Crippen LogP contribution in [0.25, 0.3) is 11.0 Å². The van der Waals surface area contributed by atoms with Gasteiger partial charge < -0.3 is 15.3 Å². The van der Waals surface area contributed by atoms with E-state index < -0.39 is 0 Å². The van der Waals surface area contributed by atoms with Gasteiger partial charge in [-0.2, -0.15) is 0 Å². The maximum absolute atomic E-state index is 12.2. The molecule has 0 aliphatic rings. The zero-order valence-corrected chi connectivity index (χ0v) is 12.4. The number of anilines is 3. The minimum absolute atomic E-state index is 0.249. The van der Waals surface area contributed by atoms with Crippen LogP contribution in [0.4, 0.5) is 17.7 Å². The SMILES string of the molecule is O=C(Nc1ncc[nH]1)c1ccc2nc(Nc3ccccn3)[nH]c2c1. The van der Waals surface area contributed by atoms with Gasteiger partial charge in [0.2, 0.25) is 11.9 Å². The molecule has 3 heterocycles. The van der Waals surface area contributed by atoms with E-state index in [1.807, 2.05) is 18.2 Å². The maximum atomic E-state index is 12.2. The van der Waals surface area contributed by atoms with E-state index in [0.717, 1.165) is 11.0 Å². The minimum Gasteiger partial charge on any atom is -0.331 e. The van der Waals surface area contributed by atoms with Crippen molar-refractivity contribution in [1.82, 2.24) is 24.9 Å². The molecule has 0 unspecified atom stereocenters. The molecule has 4 rings (SSSR count). The van der Waals surface area contributed by atoms with Crippen LogP contribution in [-0.4, -0.2) is 30.8 Å². The average molecular weight is 319 g/mol. The fourth-order valence-electron chi connectivity index (χ4n) is 2.28. The lowest BCUT2D eigenvalue weighted by Gasteiger charge is -2.01. The van der Waals surface area contributed by atoms with Crippen molar-refractivity contribution >= 4 is 34.7 Å². The zero-order valence-electron chi connectivity index (χ0n) is 12.4. The molecule has 4 N–H and O–H groups in total. The fourth-order valence-corrected chi connectivity index (χ4v) is 2.28. The normalized spacial score (nSPS) is 10.7. The average Bonchev–Trinajstić information content (AvgIpc) is 3.24. The van der Waals surface area contributed by atoms with Gasteiger partial charge in [0.25, 0.3) is 5.91 Å². The third-order valence-corrected chi connectivity index (χ3v) is 3.39. The lowest BCUT2D eigenvalue weighted by molar-refractivity contribution is 0.102. The number of carbonyl (C=O) groups is 1. The Bertz CT molecular complexity index is 976. The Labute approximate surface area is 136 Å². The molecule has 0 fully saturated rings. The molecule has 8 nitrogen and oxygen atoms in total. The Hall–Kier alpha value is -3.68. The molecular formula is C16H13N7O. The van der Waals surface area contributed by atoms with Crippen molar-refractivity contribution in [3.63, 3.8) is 0 Å². The van der Waals surface area contributed by atoms with Gasteiger partial charge in [-0.15, -0.1) is 0 Å². The van der Waals surface area contributed by atoms with Gasteiger partial charge in [0.1, 0.15) is 5.82 Å². The molecular weight excluding hydrogens is 306 g/mol. The van der Waals surface area contributed by atoms with E-state index in [1.165, 1.54) is 0 Å². The Morgan fingerprint density at radius 3 is 2.79 bits per heavy atom. The Kier molecular flexibility index (Phi) is 3.39. The van der Waals surface area contributed by atoms with E-state index in [2.05, 4.69) is 35.6 Å². The van der Waals surface area contributed by atoms with Gasteiger partial charge in [-0.25, -0.2) is 15.0 Å². The van der Waals surface area contributed by atoms with Crippen molar-refractivity contribution in [2.24, 2.45) is 0 Å². The predicted octanol–water partition coefficient (Wildman–Crippen LogP) is 2.68. The topological polar surface area (TPSA) is 111 Å². The molecule has 0 spiro atoms. The molecule has 0 aliphatic heterocycles. The Morgan fingerprint density at radius 2 is 2.00 bits per heavy atom. The van der Waals surface area contributed by atoms with Crippen LogP contribution >= 0.6 is 0 Å². The molecule has 0 bridgehead atoms. The van der Waals surface area contributed by atoms with Crippen molar-refractivity contribution in [2.75, 3.05) is 10.6 Å². The summed E-state index contributed by atoms with van der Waals surface area (Å²) in [6, 6.07) is 10.8. The summed E-state index contributed by atoms with van der Waals surface area (Å²) in [7, 11) is 0. The lowest BCUT2D eigenvalue weighted by atomic mass is 10.2. The van der Waals surface area contributed by atoms with Crippen LogP contribution in [0.2, 0.25) is 0 Å². The highest BCUT2D eigenvalue weighted by Crippen LogP contribution is 2.19. The number of aromatic amines is 2. The largest absolute Gasteiger partial charge is 0.331 e. The molecule has 0 radical (unpaired) electrons. The number of imidazole rings is 2. The van der Waals surface area contributed by atoms with Crippen molar-refractivity contribution in [3.8, 4) is 0 Å². The summed E-state index contributed by atoms with van der Waals surface area (Å²) < 4.78 is 0. The number of fused-ring (bicyclic) bond motifs is 1. The molecule has 0 aliphatic carbocycles. The van der Waals surface area contributed by atoms with E-state index >= 15 is 0 Å². The number of pyridine rings is 1. The number of nitrogens with zero attached hydrogens (tertiary/aromatic N) is 3. The fraction of sp³-hybridized carbons (Fsp3) is 0. The first-order valence-corrected chi connectivity index (χ1v) is 7.26. The number of rotatable bonds is 4. The maximum Gasteiger partial charge on any atom is 0.258 e. The quantitative estimate of drug-likeness (QED) is 0.462. The highest BCUT2D eigenvalue weighted by molar-refractivity contribution is 6.05. The number of carbonyl (C=O) groups excluding carboxylic acids is 1. The van der Waals surface area contributed by atoms with Gasteiger partial charge in [0.15, 0.2) is 0 Å². The van der Waals surface area contributed by atoms with Crippen LogP contribution in [0, 0.1) is 0 Å². The zero-order chi connectivity index (χ0) is 16.4. The Balaban J connectivity index is 1.58. The van der Waals surface area contributed by atoms with E-state index in [1.54, 1.807) is 36.8 Å². The summed E-state index contributed by atoms with van der Waals surface area (Å²) in [5, 5.41) is 5.77. The molecule has 24 heavy (non-hydrogen) atoms. The lowest BCUT2D eigenvalue weighted by Crippen LogP contribution is -2.12. The van der Waals surface area contributed by atoms with Crippen LogP contribution in [0.15, 0.2) is 55.0 Å². The van der Waals surface area contributed by atoms with Gasteiger partial charge in [0.05, 0.1) is 11.0 Å². The van der Waals surface area contributed by atoms with Gasteiger partial charge in [-0.1, -0.05) is 6.07 Å². The number of H-pyrrole nitrogens is 2. The first-order valence-electron chi connectivity index (χ1n) is 7.26. The number of hydrogen-bond acceptors (Lipinski definition) is 5. The first kappa shape index (κ1) is 13.9. The standard InChI is InChI=1S/C16H13N7O/c24-14(23-15-18-7-8-19-15)10-4-5-11-12(9-10)21-16(20-11)22-13-3-1-2-6-17-13/h1-9H,(H2,17,20,21,22)(H2,18,19,23,24). The van der Waals surface area contributed by atoms with Crippen LogP contribution < -0.4 is 10.6 Å². The predicted molar refractivity (Wildman–Crippen MR) is 90.2 cm³/mol. The molecule has 0 atom stereocenters. The number of amides is 1. The molecule has 3 aromatic heterocycles. The summed E-state index contributed by atoms with van der Waals surface area (Å²) >= 11 is 0. The van der Waals surface area contributed by atoms with E-state index in [9.17, 15) is 4.79 Å². The van der Waals surface area contributed by atoms with E-state index in [0.29, 0.717) is 23.3 Å². The van der Waals surface area contributed by atoms with Crippen LogP contribution in [0.3, 0.4) is 0 Å². The number of aromatic nitrogens is 5. The van der Waals surface area contributed by atoms with Crippen molar-refractivity contribution < 1.29 is 4.79 Å². The summed E-state index contributed by atoms with van der Waals surface area (Å²) in [5.41, 5.74) is 2.01. The van der Waals surface area contributed by atoms with Crippen LogP contribution in [0.1, 0.15) is 10.4 Å². The van der Waals surface area contributed by atoms with Crippen molar-refractivity contribution in [1.29, 1.82) is 0 Å². The highest BCUT2D eigenvalue weighted by Gasteiger charge is 2.10. The molecule has 4 aromatic rings. The second-order valence-corrected chi connectivity index (χ2v) is 5.05. The monoisotopic (exact) mass is 319 g/mol. The first-order chi connectivity index (χ1) is 11.8. The second-order valence-electron chi connectivity index (χ2n) is 5.05. The summed E-state index contributed by atoms with van der Waals surface area (Å²) in [6.45, 7) is 0. The van der Waals surface area contributed by atoms with Gasteiger partial charge in [-0.05, 0) is 30.3 Å². The number of benzene rings is 1. The highest BCUT2D eigenvalue weighted by atomic mass is 16.1. The third kappa shape index (κ3) is 2.80. The number of hydrogen-bond donors (Lipinski definition) is 4. The molecule has 0 saturated carbocycles. The van der Waals surface area contributed by atoms with Gasteiger partial charge in [0, 0.05) is 24.2 Å². The molecule has 1 amide bonds. The van der Waals surface area contributed by atoms with Crippen LogP contribution in [-0.2, 0) is 0 Å². The molecule has 1 aromatic carbocycles. The third-order valence-electron chi connectivity index (χ3n) is 3.39. The Morgan fingerprint density at radius 1 is 1.04 bits per heavy atom. The molecule has 0 saturated heterocycles. The van der Waals surface area contributed by atoms with E-state index in [4.69, 9.17) is 0 Å². The summed E-state index contributed by atoms with van der Waals surface area (Å²) in [4.78, 5) is 30.8. The van der Waals surface area contributed by atoms with Gasteiger partial charge in [-0.3, -0.25) is 10.1 Å². The van der Waals surface area contributed by atoms with E-state index in [-0.39, 0.29) is 5.91 Å². The van der Waals surface area contributed by atoms with Crippen molar-refractivity contribution in [3.05, 3.63) is 60.6 Å². The molecule has 8 heteroatoms. The minimum atomic E-state index is -0.249. The summed E-state index contributed by atoms with van der Waals surface area (Å²) in [6.07, 6.45) is 4.91. The number of nitrogens with one attached hydrogen (secondary N) is 4. The smallest absolute Gasteiger partial charge is 0.258 e. The van der Waals surface area contributed by atoms with Gasteiger partial charge >= 0.3 is 0 Å². The second kappa shape index (κ2) is 5.84. The summed E-state index contributed by atoms with van der Waals surface area (Å²) in [5.74, 6) is 1.41. The van der Waals surface area contributed by atoms with Crippen LogP contribution in [0.5, 0.6) is 0 Å². The molecule has 118 valence electrons. The van der Waals surface area contributed by atoms with Crippen molar-refractivity contribution in [2.45, 2.75) is 0 Å².